The second-order valence-corrected chi connectivity index (χ2v) is 4.69. The fourth-order valence-electron chi connectivity index (χ4n) is 0.878. The van der Waals surface area contributed by atoms with Crippen molar-refractivity contribution in [1.82, 2.24) is 9.78 Å². The Hall–Kier alpha value is 0.287. The summed E-state index contributed by atoms with van der Waals surface area (Å²) >= 11 is 3.19. The number of aromatic nitrogens is 2. The Labute approximate surface area is 83.2 Å². The molecule has 11 heavy (non-hydrogen) atoms. The van der Waals surface area contributed by atoms with E-state index in [-0.39, 0.29) is 6.61 Å². The summed E-state index contributed by atoms with van der Waals surface area (Å²) in [6.45, 7) is 2.80. The first-order valence-electron chi connectivity index (χ1n) is 3.36. The summed E-state index contributed by atoms with van der Waals surface area (Å²) in [4.78, 5) is 0. The van der Waals surface area contributed by atoms with Gasteiger partial charge in [-0.15, -0.1) is 0 Å². The summed E-state index contributed by atoms with van der Waals surface area (Å²) in [7, 11) is 0. The fourth-order valence-corrected chi connectivity index (χ4v) is 2.14. The molecule has 5 heteroatoms. The van der Waals surface area contributed by atoms with Gasteiger partial charge in [0.25, 0.3) is 0 Å². The fraction of sp³-hybridized carbons (Fsp3) is 0.500. The molecule has 1 rings (SSSR count). The van der Waals surface area contributed by atoms with Gasteiger partial charge in [-0.25, -0.2) is 0 Å². The van der Waals surface area contributed by atoms with Gasteiger partial charge in [-0.2, -0.15) is 0 Å². The van der Waals surface area contributed by atoms with Gasteiger partial charge in [-0.1, -0.05) is 0 Å². The average molecular weight is 278 g/mol. The molecule has 1 aromatic heterocycles. The van der Waals surface area contributed by atoms with Crippen LogP contribution in [0.25, 0.3) is 0 Å². The molecule has 3 nitrogen and oxygen atoms in total. The third-order valence-corrected chi connectivity index (χ3v) is 5.77. The van der Waals surface area contributed by atoms with Crippen molar-refractivity contribution in [3.8, 4) is 0 Å². The summed E-state index contributed by atoms with van der Waals surface area (Å²) in [5.74, 6) is 0. The third kappa shape index (κ3) is 1.90. The van der Waals surface area contributed by atoms with Crippen LogP contribution in [0.1, 0.15) is 5.69 Å². The molecule has 0 aliphatic rings. The monoisotopic (exact) mass is 278 g/mol. The summed E-state index contributed by atoms with van der Waals surface area (Å²) < 4.78 is 4.43. The maximum atomic E-state index is 8.70. The molecule has 0 amide bonds. The van der Waals surface area contributed by atoms with E-state index in [4.69, 9.17) is 5.11 Å². The zero-order valence-corrected chi connectivity index (χ0v) is 11.3. The zero-order chi connectivity index (χ0) is 8.43. The molecule has 0 spiro atoms. The number of aliphatic hydroxyl groups is 1. The van der Waals surface area contributed by atoms with Crippen molar-refractivity contribution in [3.63, 3.8) is 0 Å². The van der Waals surface area contributed by atoms with E-state index in [2.05, 4.69) is 5.10 Å². The summed E-state index contributed by atoms with van der Waals surface area (Å²) in [5.41, 5.74) is 1.10. The number of aliphatic hydroxyl groups excluding tert-OH is 1. The maximum absolute atomic E-state index is 8.70. The van der Waals surface area contributed by atoms with Crippen molar-refractivity contribution in [2.75, 3.05) is 6.61 Å². The Balaban J connectivity index is 2.98. The normalized spacial score (nSPS) is 10.5. The number of hydrogen-bond donors (Lipinski definition) is 1. The molecule has 1 N–H and O–H groups in total. The second kappa shape index (κ2) is 3.80. The van der Waals surface area contributed by atoms with E-state index in [1.54, 1.807) is 33.7 Å². The second-order valence-electron chi connectivity index (χ2n) is 2.33. The summed E-state index contributed by atoms with van der Waals surface area (Å²) in [6.07, 6.45) is 0. The number of nitrogens with zero attached hydrogens (tertiary/aromatic N) is 2. The number of aryl methyl sites for hydroxylation is 1. The average Bonchev–Trinajstić information content (AvgIpc) is 2.19. The minimum absolute atomic E-state index is 0.171. The van der Waals surface area contributed by atoms with Crippen molar-refractivity contribution in [3.05, 3.63) is 5.69 Å². The van der Waals surface area contributed by atoms with Crippen molar-refractivity contribution < 1.29 is 5.11 Å². The predicted molar refractivity (Wildman–Crippen MR) is 50.4 cm³/mol. The quantitative estimate of drug-likeness (QED) is 0.576. The molecule has 0 saturated heterocycles. The van der Waals surface area contributed by atoms with Crippen LogP contribution in [0, 0.1) is 6.92 Å². The minimum atomic E-state index is 0.171. The van der Waals surface area contributed by atoms with E-state index < -0.39 is 0 Å². The molecule has 0 radical (unpaired) electrons. The molecular formula is C6H12As2N2O. The summed E-state index contributed by atoms with van der Waals surface area (Å²) in [5, 5.41) is 13.0. The van der Waals surface area contributed by atoms with Crippen molar-refractivity contribution in [1.29, 1.82) is 0 Å². The molecule has 2 unspecified atom stereocenters. The van der Waals surface area contributed by atoms with Gasteiger partial charge in [0.2, 0.25) is 0 Å². The van der Waals surface area contributed by atoms with E-state index in [1.165, 1.54) is 8.83 Å². The van der Waals surface area contributed by atoms with Crippen LogP contribution in [0.15, 0.2) is 0 Å². The molecule has 0 aliphatic carbocycles. The summed E-state index contributed by atoms with van der Waals surface area (Å²) in [6, 6.07) is 0. The van der Waals surface area contributed by atoms with Crippen molar-refractivity contribution in [2.24, 2.45) is 0 Å². The number of hydrogen-bond acceptors (Lipinski definition) is 2. The van der Waals surface area contributed by atoms with Crippen LogP contribution in [-0.2, 0) is 6.54 Å². The Morgan fingerprint density at radius 3 is 2.55 bits per heavy atom. The molecule has 1 heterocycles. The first kappa shape index (κ1) is 9.38. The first-order valence-corrected chi connectivity index (χ1v) is 5.78. The third-order valence-electron chi connectivity index (χ3n) is 1.53. The molecule has 1 aromatic rings. The molecular weight excluding hydrogens is 266 g/mol. The Morgan fingerprint density at radius 2 is 2.18 bits per heavy atom. The van der Waals surface area contributed by atoms with Gasteiger partial charge in [0.1, 0.15) is 0 Å². The first-order chi connectivity index (χ1) is 5.16. The van der Waals surface area contributed by atoms with Crippen LogP contribution in [0.5, 0.6) is 0 Å². The van der Waals surface area contributed by atoms with Gasteiger partial charge in [0.15, 0.2) is 0 Å². The van der Waals surface area contributed by atoms with Gasteiger partial charge in [0, 0.05) is 0 Å². The zero-order valence-electron chi connectivity index (χ0n) is 6.41. The van der Waals surface area contributed by atoms with Gasteiger partial charge in [-0.05, 0) is 0 Å². The van der Waals surface area contributed by atoms with E-state index in [1.807, 2.05) is 11.6 Å². The number of rotatable bonds is 2. The molecule has 0 aromatic carbocycles. The van der Waals surface area contributed by atoms with Crippen LogP contribution in [0.3, 0.4) is 0 Å². The van der Waals surface area contributed by atoms with Crippen molar-refractivity contribution >= 4 is 42.5 Å². The molecule has 0 bridgehead atoms. The molecule has 0 fully saturated rings. The Kier molecular flexibility index (Phi) is 3.24. The Bertz CT molecular complexity index is 259. The standard InChI is InChI=1S/C6H12As2N2O/c1-4-5(7)6(8)10(9-4)2-3-11/h11H,2-3,7-8H2,1H3. The van der Waals surface area contributed by atoms with Crippen LogP contribution in [0.4, 0.5) is 0 Å². The van der Waals surface area contributed by atoms with E-state index in [0.717, 1.165) is 5.69 Å². The molecule has 0 aliphatic heterocycles. The van der Waals surface area contributed by atoms with Crippen LogP contribution in [0.2, 0.25) is 0 Å². The molecule has 0 saturated carbocycles. The van der Waals surface area contributed by atoms with Crippen LogP contribution < -0.4 is 8.83 Å². The SMILES string of the molecule is Cc1nn(CCO)c([AsH2])c1[AsH2]. The van der Waals surface area contributed by atoms with Crippen LogP contribution in [-0.4, -0.2) is 55.2 Å². The Morgan fingerprint density at radius 1 is 1.55 bits per heavy atom. The van der Waals surface area contributed by atoms with Gasteiger partial charge in [-0.3, -0.25) is 0 Å². The van der Waals surface area contributed by atoms with Gasteiger partial charge >= 0.3 is 83.2 Å². The molecule has 2 atom stereocenters. The van der Waals surface area contributed by atoms with Crippen LogP contribution >= 0.6 is 0 Å². The van der Waals surface area contributed by atoms with E-state index >= 15 is 0 Å². The predicted octanol–water partition coefficient (Wildman–Crippen LogP) is -3.30. The van der Waals surface area contributed by atoms with E-state index in [9.17, 15) is 0 Å². The van der Waals surface area contributed by atoms with Gasteiger partial charge in [0.05, 0.1) is 0 Å². The van der Waals surface area contributed by atoms with E-state index in [0.29, 0.717) is 6.54 Å². The topological polar surface area (TPSA) is 38.0 Å². The molecule has 62 valence electrons. The van der Waals surface area contributed by atoms with Crippen molar-refractivity contribution in [2.45, 2.75) is 13.5 Å². The van der Waals surface area contributed by atoms with Gasteiger partial charge < -0.3 is 0 Å².